The molecule has 0 heterocycles. The van der Waals surface area contributed by atoms with E-state index in [-0.39, 0.29) is 12.8 Å². The van der Waals surface area contributed by atoms with Gasteiger partial charge in [0.2, 0.25) is 0 Å². The number of hydrogen-bond donors (Lipinski definition) is 2. The first-order valence-electron chi connectivity index (χ1n) is 6.42. The molecule has 0 spiro atoms. The van der Waals surface area contributed by atoms with Crippen LogP contribution in [0.2, 0.25) is 5.02 Å². The van der Waals surface area contributed by atoms with Crippen LogP contribution in [0.5, 0.6) is 0 Å². The highest BCUT2D eigenvalue weighted by Gasteiger charge is 2.13. The van der Waals surface area contributed by atoms with E-state index in [0.717, 1.165) is 0 Å². The average Bonchev–Trinajstić information content (AvgIpc) is 2.45. The number of hydrogen-bond acceptors (Lipinski definition) is 2. The zero-order valence-electron chi connectivity index (χ0n) is 11.1. The Morgan fingerprint density at radius 2 is 1.86 bits per heavy atom. The van der Waals surface area contributed by atoms with Crippen molar-refractivity contribution in [2.45, 2.75) is 18.9 Å². The van der Waals surface area contributed by atoms with Crippen molar-refractivity contribution in [2.75, 3.05) is 0 Å². The summed E-state index contributed by atoms with van der Waals surface area (Å²) in [5.74, 6) is -1.46. The number of carboxylic acids is 1. The van der Waals surface area contributed by atoms with Gasteiger partial charge in [-0.25, -0.2) is 4.39 Å². The van der Waals surface area contributed by atoms with E-state index in [2.05, 4.69) is 0 Å². The monoisotopic (exact) mass is 308 g/mol. The van der Waals surface area contributed by atoms with Crippen molar-refractivity contribution in [3.05, 3.63) is 58.9 Å². The highest BCUT2D eigenvalue weighted by atomic mass is 35.5. The number of carboxylic acid groups (broad SMARTS) is 1. The molecular formula is C16H14ClFO3. The molecule has 0 aromatic heterocycles. The van der Waals surface area contributed by atoms with Crippen LogP contribution < -0.4 is 0 Å². The predicted octanol–water partition coefficient (Wildman–Crippen LogP) is 4.04. The molecule has 0 bridgehead atoms. The molecule has 2 aromatic rings. The standard InChI is InChI=1S/C16H14ClFO3/c17-12-4-1-10(2-5-12)13-6-3-11(9-14(13)18)15(19)7-8-16(20)21/h1-6,9,15,19H,7-8H2,(H,20,21). The van der Waals surface area contributed by atoms with Crippen molar-refractivity contribution in [3.63, 3.8) is 0 Å². The Morgan fingerprint density at radius 3 is 2.43 bits per heavy atom. The smallest absolute Gasteiger partial charge is 0.303 e. The minimum Gasteiger partial charge on any atom is -0.481 e. The molecule has 1 atom stereocenters. The summed E-state index contributed by atoms with van der Waals surface area (Å²) in [4.78, 5) is 10.5. The maximum Gasteiger partial charge on any atom is 0.303 e. The summed E-state index contributed by atoms with van der Waals surface area (Å²) in [6.07, 6.45) is -1.11. The van der Waals surface area contributed by atoms with Gasteiger partial charge >= 0.3 is 5.97 Å². The van der Waals surface area contributed by atoms with Gasteiger partial charge in [0.15, 0.2) is 0 Å². The summed E-state index contributed by atoms with van der Waals surface area (Å²) >= 11 is 5.79. The molecule has 2 aromatic carbocycles. The van der Waals surface area contributed by atoms with Crippen LogP contribution in [0.3, 0.4) is 0 Å². The van der Waals surface area contributed by atoms with E-state index >= 15 is 0 Å². The minimum atomic E-state index is -0.993. The molecule has 21 heavy (non-hydrogen) atoms. The van der Waals surface area contributed by atoms with Crippen molar-refractivity contribution in [1.82, 2.24) is 0 Å². The molecule has 2 N–H and O–H groups in total. The fourth-order valence-corrected chi connectivity index (χ4v) is 2.16. The molecule has 3 nitrogen and oxygen atoms in total. The van der Waals surface area contributed by atoms with Gasteiger partial charge in [-0.15, -0.1) is 0 Å². The molecule has 1 unspecified atom stereocenters. The van der Waals surface area contributed by atoms with E-state index in [1.165, 1.54) is 6.07 Å². The molecule has 2 rings (SSSR count). The Balaban J connectivity index is 2.21. The Morgan fingerprint density at radius 1 is 1.19 bits per heavy atom. The maximum atomic E-state index is 14.1. The quantitative estimate of drug-likeness (QED) is 0.876. The molecule has 0 aliphatic rings. The van der Waals surface area contributed by atoms with Gasteiger partial charge in [-0.2, -0.15) is 0 Å². The summed E-state index contributed by atoms with van der Waals surface area (Å²) < 4.78 is 14.1. The van der Waals surface area contributed by atoms with Crippen molar-refractivity contribution in [3.8, 4) is 11.1 Å². The summed E-state index contributed by atoms with van der Waals surface area (Å²) in [6, 6.07) is 11.2. The van der Waals surface area contributed by atoms with Crippen LogP contribution in [0.25, 0.3) is 11.1 Å². The van der Waals surface area contributed by atoms with Crippen LogP contribution in [-0.2, 0) is 4.79 Å². The maximum absolute atomic E-state index is 14.1. The Bertz CT molecular complexity index is 640. The first-order valence-corrected chi connectivity index (χ1v) is 6.80. The van der Waals surface area contributed by atoms with Crippen molar-refractivity contribution in [1.29, 1.82) is 0 Å². The summed E-state index contributed by atoms with van der Waals surface area (Å²) in [5, 5.41) is 19.0. The SMILES string of the molecule is O=C(O)CCC(O)c1ccc(-c2ccc(Cl)cc2)c(F)c1. The Hall–Kier alpha value is -1.91. The second-order valence-corrected chi connectivity index (χ2v) is 5.13. The minimum absolute atomic E-state index is 0.0507. The van der Waals surface area contributed by atoms with Gasteiger partial charge in [0.05, 0.1) is 6.10 Å². The molecule has 0 fully saturated rings. The van der Waals surface area contributed by atoms with Crippen LogP contribution in [-0.4, -0.2) is 16.2 Å². The summed E-state index contributed by atoms with van der Waals surface area (Å²) in [5.41, 5.74) is 1.45. The fraction of sp³-hybridized carbons (Fsp3) is 0.188. The second kappa shape index (κ2) is 6.70. The second-order valence-electron chi connectivity index (χ2n) is 4.69. The van der Waals surface area contributed by atoms with Crippen LogP contribution in [0.4, 0.5) is 4.39 Å². The lowest BCUT2D eigenvalue weighted by Crippen LogP contribution is -2.03. The van der Waals surface area contributed by atoms with Gasteiger partial charge in [0, 0.05) is 17.0 Å². The third-order valence-corrected chi connectivity index (χ3v) is 3.42. The van der Waals surface area contributed by atoms with E-state index in [1.54, 1.807) is 36.4 Å². The number of aliphatic hydroxyl groups excluding tert-OH is 1. The van der Waals surface area contributed by atoms with Gasteiger partial charge < -0.3 is 10.2 Å². The van der Waals surface area contributed by atoms with Gasteiger partial charge in [-0.1, -0.05) is 35.9 Å². The molecular weight excluding hydrogens is 295 g/mol. The van der Waals surface area contributed by atoms with Crippen LogP contribution in [0.1, 0.15) is 24.5 Å². The highest BCUT2D eigenvalue weighted by Crippen LogP contribution is 2.28. The molecule has 0 amide bonds. The summed E-state index contributed by atoms with van der Waals surface area (Å²) in [6.45, 7) is 0. The van der Waals surface area contributed by atoms with Gasteiger partial charge in [0.1, 0.15) is 5.82 Å². The van der Waals surface area contributed by atoms with Crippen LogP contribution in [0, 0.1) is 5.82 Å². The lowest BCUT2D eigenvalue weighted by Gasteiger charge is -2.11. The van der Waals surface area contributed by atoms with Crippen molar-refractivity contribution < 1.29 is 19.4 Å². The number of carbonyl (C=O) groups is 1. The topological polar surface area (TPSA) is 57.5 Å². The first-order chi connectivity index (χ1) is 9.97. The van der Waals surface area contributed by atoms with E-state index in [9.17, 15) is 14.3 Å². The van der Waals surface area contributed by atoms with Crippen LogP contribution in [0.15, 0.2) is 42.5 Å². The number of aliphatic hydroxyl groups is 1. The molecule has 0 saturated heterocycles. The zero-order chi connectivity index (χ0) is 15.4. The third kappa shape index (κ3) is 4.03. The molecule has 110 valence electrons. The largest absolute Gasteiger partial charge is 0.481 e. The molecule has 0 saturated carbocycles. The van der Waals surface area contributed by atoms with Crippen molar-refractivity contribution in [2.24, 2.45) is 0 Å². The predicted molar refractivity (Wildman–Crippen MR) is 78.7 cm³/mol. The first kappa shape index (κ1) is 15.5. The number of rotatable bonds is 5. The van der Waals surface area contributed by atoms with Gasteiger partial charge in [0.25, 0.3) is 0 Å². The lowest BCUT2D eigenvalue weighted by molar-refractivity contribution is -0.137. The number of halogens is 2. The lowest BCUT2D eigenvalue weighted by atomic mass is 9.99. The van der Waals surface area contributed by atoms with Crippen molar-refractivity contribution >= 4 is 17.6 Å². The van der Waals surface area contributed by atoms with Crippen LogP contribution >= 0.6 is 11.6 Å². The number of benzene rings is 2. The van der Waals surface area contributed by atoms with Gasteiger partial charge in [-0.3, -0.25) is 4.79 Å². The van der Waals surface area contributed by atoms with E-state index in [0.29, 0.717) is 21.7 Å². The molecule has 0 aliphatic heterocycles. The van der Waals surface area contributed by atoms with E-state index in [4.69, 9.17) is 16.7 Å². The molecule has 0 radical (unpaired) electrons. The molecule has 0 aliphatic carbocycles. The van der Waals surface area contributed by atoms with E-state index in [1.807, 2.05) is 0 Å². The number of aliphatic carboxylic acids is 1. The zero-order valence-corrected chi connectivity index (χ0v) is 11.8. The Kier molecular flexibility index (Phi) is 4.94. The third-order valence-electron chi connectivity index (χ3n) is 3.16. The summed E-state index contributed by atoms with van der Waals surface area (Å²) in [7, 11) is 0. The normalized spacial score (nSPS) is 12.1. The Labute approximate surface area is 126 Å². The van der Waals surface area contributed by atoms with Gasteiger partial charge in [-0.05, 0) is 35.7 Å². The molecule has 5 heteroatoms. The van der Waals surface area contributed by atoms with E-state index < -0.39 is 17.9 Å². The highest BCUT2D eigenvalue weighted by molar-refractivity contribution is 6.30. The fourth-order valence-electron chi connectivity index (χ4n) is 2.03. The average molecular weight is 309 g/mol.